The molecule has 2 rings (SSSR count). The number of amides is 1. The molecule has 1 aliphatic carbocycles. The molecule has 6 nitrogen and oxygen atoms in total. The Morgan fingerprint density at radius 1 is 1.27 bits per heavy atom. The van der Waals surface area contributed by atoms with Crippen molar-refractivity contribution >= 4 is 12.1 Å². The van der Waals surface area contributed by atoms with Crippen LogP contribution in [0.25, 0.3) is 0 Å². The number of hydrogen-bond acceptors (Lipinski definition) is 5. The van der Waals surface area contributed by atoms with Crippen molar-refractivity contribution in [2.24, 2.45) is 17.8 Å². The van der Waals surface area contributed by atoms with Crippen molar-refractivity contribution in [3.8, 4) is 0 Å². The van der Waals surface area contributed by atoms with E-state index >= 15 is 0 Å². The van der Waals surface area contributed by atoms with Crippen molar-refractivity contribution in [1.82, 2.24) is 5.32 Å². The number of cyclic esters (lactones) is 1. The van der Waals surface area contributed by atoms with Gasteiger partial charge in [0.2, 0.25) is 0 Å². The first-order chi connectivity index (χ1) is 12.1. The van der Waals surface area contributed by atoms with Crippen LogP contribution in [0.15, 0.2) is 0 Å². The highest BCUT2D eigenvalue weighted by atomic mass is 16.6. The molecule has 1 saturated carbocycles. The van der Waals surface area contributed by atoms with E-state index in [9.17, 15) is 14.7 Å². The Labute approximate surface area is 157 Å². The third-order valence-electron chi connectivity index (χ3n) is 5.37. The van der Waals surface area contributed by atoms with Crippen LogP contribution in [0.5, 0.6) is 0 Å². The molecular weight excluding hydrogens is 334 g/mol. The SMILES string of the molecule is CC(C)[C@H](NC(=O)OC(C)(C)C)[C@@H]1OC(=O)[C@@H](CC2CCCCC2)[C@@H]1O. The van der Waals surface area contributed by atoms with Crippen molar-refractivity contribution in [2.75, 3.05) is 0 Å². The van der Waals surface area contributed by atoms with Crippen molar-refractivity contribution < 1.29 is 24.2 Å². The number of ether oxygens (including phenoxy) is 2. The number of esters is 1. The molecular formula is C20H35NO5. The number of carbonyl (C=O) groups is 2. The van der Waals surface area contributed by atoms with E-state index in [1.165, 1.54) is 19.3 Å². The fraction of sp³-hybridized carbons (Fsp3) is 0.900. The monoisotopic (exact) mass is 369 g/mol. The van der Waals surface area contributed by atoms with Crippen LogP contribution in [-0.2, 0) is 14.3 Å². The predicted octanol–water partition coefficient (Wildman–Crippen LogP) is 3.41. The van der Waals surface area contributed by atoms with E-state index in [0.29, 0.717) is 12.3 Å². The molecule has 2 N–H and O–H groups in total. The summed E-state index contributed by atoms with van der Waals surface area (Å²) in [7, 11) is 0. The highest BCUT2D eigenvalue weighted by molar-refractivity contribution is 5.76. The summed E-state index contributed by atoms with van der Waals surface area (Å²) in [5, 5.41) is 13.6. The Morgan fingerprint density at radius 3 is 2.42 bits per heavy atom. The van der Waals surface area contributed by atoms with Gasteiger partial charge in [0, 0.05) is 0 Å². The molecule has 0 aromatic carbocycles. The average molecular weight is 370 g/mol. The summed E-state index contributed by atoms with van der Waals surface area (Å²) in [6.07, 6.45) is 4.36. The normalized spacial score (nSPS) is 28.7. The van der Waals surface area contributed by atoms with Gasteiger partial charge in [-0.15, -0.1) is 0 Å². The van der Waals surface area contributed by atoms with Gasteiger partial charge in [0.25, 0.3) is 0 Å². The van der Waals surface area contributed by atoms with Gasteiger partial charge in [-0.05, 0) is 39.0 Å². The molecule has 0 radical (unpaired) electrons. The maximum absolute atomic E-state index is 12.4. The van der Waals surface area contributed by atoms with Crippen LogP contribution in [0.2, 0.25) is 0 Å². The number of aliphatic hydroxyl groups is 1. The molecule has 1 saturated heterocycles. The molecule has 2 fully saturated rings. The standard InChI is InChI=1S/C20H35NO5/c1-12(2)15(21-19(24)26-20(3,4)5)17-16(22)14(18(23)25-17)11-13-9-7-6-8-10-13/h12-17,22H,6-11H2,1-5H3,(H,21,24)/t14-,15-,16-,17-/m0/s1. The molecule has 0 unspecified atom stereocenters. The van der Waals surface area contributed by atoms with E-state index in [1.807, 2.05) is 13.8 Å². The van der Waals surface area contributed by atoms with E-state index in [0.717, 1.165) is 12.8 Å². The van der Waals surface area contributed by atoms with Crippen molar-refractivity contribution in [1.29, 1.82) is 0 Å². The molecule has 26 heavy (non-hydrogen) atoms. The van der Waals surface area contributed by atoms with Gasteiger partial charge in [0.1, 0.15) is 17.8 Å². The quantitative estimate of drug-likeness (QED) is 0.726. The highest BCUT2D eigenvalue weighted by Gasteiger charge is 2.49. The fourth-order valence-electron chi connectivity index (χ4n) is 4.03. The van der Waals surface area contributed by atoms with E-state index in [1.54, 1.807) is 20.8 Å². The number of alkyl carbamates (subject to hydrolysis) is 1. The molecule has 6 heteroatoms. The zero-order valence-electron chi connectivity index (χ0n) is 16.8. The zero-order chi connectivity index (χ0) is 19.5. The third-order valence-corrected chi connectivity index (χ3v) is 5.37. The maximum atomic E-state index is 12.4. The average Bonchev–Trinajstić information content (AvgIpc) is 2.80. The molecule has 0 spiro atoms. The van der Waals surface area contributed by atoms with Crippen LogP contribution in [0.4, 0.5) is 4.79 Å². The summed E-state index contributed by atoms with van der Waals surface area (Å²) in [4.78, 5) is 24.5. The summed E-state index contributed by atoms with van der Waals surface area (Å²) in [6, 6.07) is -0.486. The summed E-state index contributed by atoms with van der Waals surface area (Å²) < 4.78 is 10.8. The van der Waals surface area contributed by atoms with Crippen LogP contribution in [0.3, 0.4) is 0 Å². The Hall–Kier alpha value is -1.30. The summed E-state index contributed by atoms with van der Waals surface area (Å²) in [6.45, 7) is 9.24. The largest absolute Gasteiger partial charge is 0.457 e. The lowest BCUT2D eigenvalue weighted by Crippen LogP contribution is -2.52. The lowest BCUT2D eigenvalue weighted by Gasteiger charge is -2.31. The maximum Gasteiger partial charge on any atom is 0.408 e. The second-order valence-corrected chi connectivity index (χ2v) is 9.15. The zero-order valence-corrected chi connectivity index (χ0v) is 16.8. The van der Waals surface area contributed by atoms with E-state index in [-0.39, 0.29) is 11.9 Å². The summed E-state index contributed by atoms with van der Waals surface area (Å²) >= 11 is 0. The minimum atomic E-state index is -0.897. The Morgan fingerprint density at radius 2 is 1.88 bits per heavy atom. The molecule has 0 aromatic heterocycles. The molecule has 0 bridgehead atoms. The van der Waals surface area contributed by atoms with Gasteiger partial charge in [-0.25, -0.2) is 4.79 Å². The molecule has 1 amide bonds. The van der Waals surface area contributed by atoms with Crippen LogP contribution in [-0.4, -0.2) is 41.0 Å². The van der Waals surface area contributed by atoms with Gasteiger partial charge in [-0.3, -0.25) is 4.79 Å². The minimum absolute atomic E-state index is 0.0107. The number of carbonyl (C=O) groups excluding carboxylic acids is 2. The molecule has 150 valence electrons. The summed E-state index contributed by atoms with van der Waals surface area (Å²) in [5.74, 6) is -0.371. The number of hydrogen-bond donors (Lipinski definition) is 2. The van der Waals surface area contributed by atoms with Crippen LogP contribution in [0.1, 0.15) is 73.1 Å². The van der Waals surface area contributed by atoms with Crippen LogP contribution in [0, 0.1) is 17.8 Å². The first-order valence-electron chi connectivity index (χ1n) is 9.96. The molecule has 0 aromatic rings. The van der Waals surface area contributed by atoms with Gasteiger partial charge >= 0.3 is 12.1 Å². The van der Waals surface area contributed by atoms with Crippen molar-refractivity contribution in [3.63, 3.8) is 0 Å². The molecule has 1 heterocycles. The van der Waals surface area contributed by atoms with E-state index < -0.39 is 35.9 Å². The van der Waals surface area contributed by atoms with E-state index in [4.69, 9.17) is 9.47 Å². The molecule has 2 aliphatic rings. The van der Waals surface area contributed by atoms with Gasteiger partial charge in [0.15, 0.2) is 0 Å². The first kappa shape index (κ1) is 21.0. The van der Waals surface area contributed by atoms with Crippen molar-refractivity contribution in [3.05, 3.63) is 0 Å². The van der Waals surface area contributed by atoms with Gasteiger partial charge in [-0.1, -0.05) is 46.0 Å². The van der Waals surface area contributed by atoms with Gasteiger partial charge in [0.05, 0.1) is 12.0 Å². The van der Waals surface area contributed by atoms with Crippen LogP contribution >= 0.6 is 0 Å². The Kier molecular flexibility index (Phi) is 6.94. The lowest BCUT2D eigenvalue weighted by molar-refractivity contribution is -0.146. The minimum Gasteiger partial charge on any atom is -0.457 e. The second kappa shape index (κ2) is 8.59. The Balaban J connectivity index is 2.02. The van der Waals surface area contributed by atoms with Crippen LogP contribution < -0.4 is 5.32 Å². The fourth-order valence-corrected chi connectivity index (χ4v) is 4.03. The lowest BCUT2D eigenvalue weighted by atomic mass is 9.80. The highest BCUT2D eigenvalue weighted by Crippen LogP contribution is 2.36. The van der Waals surface area contributed by atoms with Gasteiger partial charge in [-0.2, -0.15) is 0 Å². The van der Waals surface area contributed by atoms with Gasteiger partial charge < -0.3 is 19.9 Å². The summed E-state index contributed by atoms with van der Waals surface area (Å²) in [5.41, 5.74) is -0.611. The topological polar surface area (TPSA) is 84.9 Å². The molecule has 4 atom stereocenters. The third kappa shape index (κ3) is 5.60. The second-order valence-electron chi connectivity index (χ2n) is 9.15. The first-order valence-corrected chi connectivity index (χ1v) is 9.96. The number of rotatable bonds is 5. The smallest absolute Gasteiger partial charge is 0.408 e. The van der Waals surface area contributed by atoms with Crippen molar-refractivity contribution in [2.45, 2.75) is 97.0 Å². The number of nitrogens with one attached hydrogen (secondary N) is 1. The number of aliphatic hydroxyl groups excluding tert-OH is 1. The predicted molar refractivity (Wildman–Crippen MR) is 98.6 cm³/mol. The van der Waals surface area contributed by atoms with E-state index in [2.05, 4.69) is 5.32 Å². The molecule has 1 aliphatic heterocycles. The Bertz CT molecular complexity index is 493.